The number of benzene rings is 1. The zero-order valence-electron chi connectivity index (χ0n) is 10.2. The van der Waals surface area contributed by atoms with Crippen LogP contribution in [0.1, 0.15) is 24.8 Å². The van der Waals surface area contributed by atoms with E-state index in [2.05, 4.69) is 0 Å². The fourth-order valence-corrected chi connectivity index (χ4v) is 2.51. The molecule has 1 aliphatic rings. The zero-order chi connectivity index (χ0) is 13.3. The summed E-state index contributed by atoms with van der Waals surface area (Å²) < 4.78 is 39.0. The quantitative estimate of drug-likeness (QED) is 0.883. The molecule has 0 radical (unpaired) electrons. The van der Waals surface area contributed by atoms with Gasteiger partial charge < -0.3 is 10.6 Å². The summed E-state index contributed by atoms with van der Waals surface area (Å²) >= 11 is 0. The third-order valence-electron chi connectivity index (χ3n) is 3.55. The molecule has 1 aromatic rings. The number of alkyl halides is 3. The van der Waals surface area contributed by atoms with Crippen molar-refractivity contribution < 1.29 is 13.2 Å². The van der Waals surface area contributed by atoms with Crippen molar-refractivity contribution >= 4 is 5.69 Å². The van der Waals surface area contributed by atoms with Crippen molar-refractivity contribution in [3.05, 3.63) is 29.8 Å². The van der Waals surface area contributed by atoms with Crippen LogP contribution in [0.3, 0.4) is 0 Å². The van der Waals surface area contributed by atoms with E-state index in [1.165, 1.54) is 0 Å². The van der Waals surface area contributed by atoms with E-state index < -0.39 is 12.1 Å². The Hall–Kier alpha value is -1.23. The van der Waals surface area contributed by atoms with Gasteiger partial charge in [-0.25, -0.2) is 0 Å². The van der Waals surface area contributed by atoms with Crippen LogP contribution in [0.15, 0.2) is 24.3 Å². The largest absolute Gasteiger partial charge is 0.395 e. The number of nitrogens with two attached hydrogens (primary N) is 1. The smallest absolute Gasteiger partial charge is 0.367 e. The van der Waals surface area contributed by atoms with Crippen LogP contribution in [0.2, 0.25) is 0 Å². The molecule has 0 amide bonds. The lowest BCUT2D eigenvalue weighted by atomic mass is 9.88. The molecule has 0 aromatic heterocycles. The Balaban J connectivity index is 2.41. The molecule has 0 bridgehead atoms. The topological polar surface area (TPSA) is 29.3 Å². The molecule has 0 aliphatic carbocycles. The monoisotopic (exact) mass is 258 g/mol. The van der Waals surface area contributed by atoms with Gasteiger partial charge in [0.2, 0.25) is 0 Å². The van der Waals surface area contributed by atoms with Crippen LogP contribution < -0.4 is 10.6 Å². The van der Waals surface area contributed by atoms with Crippen LogP contribution in [0.4, 0.5) is 18.9 Å². The van der Waals surface area contributed by atoms with Crippen molar-refractivity contribution in [2.75, 3.05) is 18.0 Å². The van der Waals surface area contributed by atoms with Gasteiger partial charge >= 0.3 is 6.18 Å². The summed E-state index contributed by atoms with van der Waals surface area (Å²) in [5, 5.41) is 0. The highest BCUT2D eigenvalue weighted by Crippen LogP contribution is 2.44. The Labute approximate surface area is 105 Å². The molecule has 0 unspecified atom stereocenters. The number of fused-ring (bicyclic) bond motifs is 1. The maximum absolute atomic E-state index is 13.0. The van der Waals surface area contributed by atoms with Gasteiger partial charge in [0, 0.05) is 24.8 Å². The fourth-order valence-electron chi connectivity index (χ4n) is 2.51. The number of nitrogens with zero attached hydrogens (tertiary/aromatic N) is 1. The Morgan fingerprint density at radius 2 is 2.06 bits per heavy atom. The molecule has 1 aromatic carbocycles. The molecule has 2 nitrogen and oxygen atoms in total. The van der Waals surface area contributed by atoms with Crippen molar-refractivity contribution in [3.8, 4) is 0 Å². The Bertz CT molecular complexity index is 417. The second-order valence-electron chi connectivity index (χ2n) is 4.72. The van der Waals surface area contributed by atoms with E-state index in [1.54, 1.807) is 24.3 Å². The van der Waals surface area contributed by atoms with Gasteiger partial charge in [-0.15, -0.1) is 0 Å². The van der Waals surface area contributed by atoms with Gasteiger partial charge in [0.05, 0.1) is 5.92 Å². The van der Waals surface area contributed by atoms with Gasteiger partial charge in [-0.2, -0.15) is 13.2 Å². The lowest BCUT2D eigenvalue weighted by Gasteiger charge is -2.39. The predicted octanol–water partition coefficient (Wildman–Crippen LogP) is 2.89. The number of anilines is 1. The van der Waals surface area contributed by atoms with Crippen molar-refractivity contribution in [2.45, 2.75) is 31.5 Å². The highest BCUT2D eigenvalue weighted by molar-refractivity contribution is 5.58. The number of hydrogen-bond acceptors (Lipinski definition) is 2. The van der Waals surface area contributed by atoms with E-state index in [-0.39, 0.29) is 12.5 Å². The summed E-state index contributed by atoms with van der Waals surface area (Å²) in [6, 6.07) is 6.81. The molecule has 1 aliphatic heterocycles. The first-order valence-corrected chi connectivity index (χ1v) is 6.07. The normalized spacial score (nSPS) is 21.6. The fraction of sp³-hybridized carbons (Fsp3) is 0.538. The number of para-hydroxylation sites is 1. The molecule has 2 N–H and O–H groups in total. The summed E-state index contributed by atoms with van der Waals surface area (Å²) in [5.41, 5.74) is 6.66. The second-order valence-corrected chi connectivity index (χ2v) is 4.72. The zero-order valence-corrected chi connectivity index (χ0v) is 10.2. The third kappa shape index (κ3) is 2.32. The van der Waals surface area contributed by atoms with Crippen LogP contribution in [0.5, 0.6) is 0 Å². The number of hydrogen-bond donors (Lipinski definition) is 1. The highest BCUT2D eigenvalue weighted by Gasteiger charge is 2.44. The molecule has 1 heterocycles. The van der Waals surface area contributed by atoms with Crippen LogP contribution in [0, 0.1) is 0 Å². The van der Waals surface area contributed by atoms with Gasteiger partial charge in [-0.1, -0.05) is 18.2 Å². The molecule has 5 heteroatoms. The minimum Gasteiger partial charge on any atom is -0.367 e. The number of rotatable bonds is 2. The average molecular weight is 258 g/mol. The predicted molar refractivity (Wildman–Crippen MR) is 65.7 cm³/mol. The standard InChI is InChI=1S/C13H17F3N2/c1-9(8-17)18-7-6-11(13(14,15)16)10-4-2-3-5-12(10)18/h2-5,9,11H,6-8,17H2,1H3/t9-,11+/m1/s1. The maximum Gasteiger partial charge on any atom is 0.395 e. The number of halogens is 3. The Kier molecular flexibility index (Phi) is 3.52. The van der Waals surface area contributed by atoms with Crippen LogP contribution in [0.25, 0.3) is 0 Å². The van der Waals surface area contributed by atoms with Gasteiger partial charge in [0.1, 0.15) is 0 Å². The molecule has 0 spiro atoms. The summed E-state index contributed by atoms with van der Waals surface area (Å²) in [6.07, 6.45) is -4.07. The molecule has 100 valence electrons. The first kappa shape index (κ1) is 13.2. The summed E-state index contributed by atoms with van der Waals surface area (Å²) in [4.78, 5) is 1.97. The lowest BCUT2D eigenvalue weighted by Crippen LogP contribution is -2.44. The van der Waals surface area contributed by atoms with Gasteiger partial charge in [0.25, 0.3) is 0 Å². The van der Waals surface area contributed by atoms with Crippen molar-refractivity contribution in [3.63, 3.8) is 0 Å². The summed E-state index contributed by atoms with van der Waals surface area (Å²) in [5.74, 6) is -1.35. The highest BCUT2D eigenvalue weighted by atomic mass is 19.4. The van der Waals surface area contributed by atoms with E-state index in [9.17, 15) is 13.2 Å². The minimum absolute atomic E-state index is 0.0559. The summed E-state index contributed by atoms with van der Waals surface area (Å²) in [7, 11) is 0. The molecule has 2 rings (SSSR count). The second kappa shape index (κ2) is 4.80. The summed E-state index contributed by atoms with van der Waals surface area (Å²) in [6.45, 7) is 2.77. The van der Waals surface area contributed by atoms with E-state index in [0.29, 0.717) is 24.3 Å². The minimum atomic E-state index is -4.17. The molecular weight excluding hydrogens is 241 g/mol. The van der Waals surface area contributed by atoms with Crippen molar-refractivity contribution in [1.29, 1.82) is 0 Å². The lowest BCUT2D eigenvalue weighted by molar-refractivity contribution is -0.152. The van der Waals surface area contributed by atoms with Crippen LogP contribution in [-0.4, -0.2) is 25.3 Å². The van der Waals surface area contributed by atoms with Crippen molar-refractivity contribution in [1.82, 2.24) is 0 Å². The van der Waals surface area contributed by atoms with E-state index in [0.717, 1.165) is 0 Å². The molecule has 2 atom stereocenters. The first-order chi connectivity index (χ1) is 8.45. The molecule has 0 fully saturated rings. The van der Waals surface area contributed by atoms with E-state index in [4.69, 9.17) is 5.73 Å². The van der Waals surface area contributed by atoms with Gasteiger partial charge in [-0.3, -0.25) is 0 Å². The van der Waals surface area contributed by atoms with Gasteiger partial charge in [0.15, 0.2) is 0 Å². The maximum atomic E-state index is 13.0. The van der Waals surface area contributed by atoms with E-state index >= 15 is 0 Å². The SMILES string of the molecule is C[C@H](CN)N1CC[C@H](C(F)(F)F)c2ccccc21. The molecule has 0 saturated carbocycles. The first-order valence-electron chi connectivity index (χ1n) is 6.07. The Morgan fingerprint density at radius 3 is 2.67 bits per heavy atom. The molecule has 0 saturated heterocycles. The van der Waals surface area contributed by atoms with Crippen molar-refractivity contribution in [2.24, 2.45) is 5.73 Å². The van der Waals surface area contributed by atoms with Crippen LogP contribution >= 0.6 is 0 Å². The third-order valence-corrected chi connectivity index (χ3v) is 3.55. The van der Waals surface area contributed by atoms with E-state index in [1.807, 2.05) is 11.8 Å². The van der Waals surface area contributed by atoms with Crippen LogP contribution in [-0.2, 0) is 0 Å². The molecule has 18 heavy (non-hydrogen) atoms. The average Bonchev–Trinajstić information content (AvgIpc) is 2.35. The van der Waals surface area contributed by atoms with Gasteiger partial charge in [-0.05, 0) is 25.0 Å². The molecular formula is C13H17F3N2. The Morgan fingerprint density at radius 1 is 1.39 bits per heavy atom.